The van der Waals surface area contributed by atoms with Crippen molar-refractivity contribution in [2.24, 2.45) is 0 Å². The summed E-state index contributed by atoms with van der Waals surface area (Å²) in [6.45, 7) is 5.16. The Morgan fingerprint density at radius 1 is 1.24 bits per heavy atom. The summed E-state index contributed by atoms with van der Waals surface area (Å²) in [6.07, 6.45) is 1.91. The second-order valence-corrected chi connectivity index (χ2v) is 6.15. The third-order valence-electron chi connectivity index (χ3n) is 3.74. The Balaban J connectivity index is 1.72. The minimum absolute atomic E-state index is 0.317. The van der Waals surface area contributed by atoms with E-state index in [4.69, 9.17) is 0 Å². The third kappa shape index (κ3) is 3.06. The van der Waals surface area contributed by atoms with Crippen molar-refractivity contribution in [3.63, 3.8) is 0 Å². The number of hydrogen-bond acceptors (Lipinski definition) is 3. The molecule has 1 atom stereocenters. The zero-order valence-electron chi connectivity index (χ0n) is 12.3. The van der Waals surface area contributed by atoms with E-state index in [2.05, 4.69) is 71.1 Å². The topological polar surface area (TPSA) is 40.7 Å². The second-order valence-electron chi connectivity index (χ2n) is 5.21. The Kier molecular flexibility index (Phi) is 4.18. The van der Waals surface area contributed by atoms with Crippen molar-refractivity contribution in [1.29, 1.82) is 0 Å². The molecular weight excluding hydrogens is 278 g/mol. The highest BCUT2D eigenvalue weighted by molar-refractivity contribution is 7.13. The molecule has 2 N–H and O–H groups in total. The van der Waals surface area contributed by atoms with Gasteiger partial charge in [0.1, 0.15) is 0 Å². The number of aromatic amines is 1. The number of aromatic nitrogens is 2. The molecule has 4 heteroatoms. The molecule has 0 aliphatic rings. The first-order valence-electron chi connectivity index (χ1n) is 7.10. The van der Waals surface area contributed by atoms with Gasteiger partial charge >= 0.3 is 0 Å². The molecule has 3 aromatic rings. The van der Waals surface area contributed by atoms with Crippen LogP contribution in [0.5, 0.6) is 0 Å². The number of rotatable bonds is 5. The Bertz CT molecular complexity index is 700. The average molecular weight is 297 g/mol. The first kappa shape index (κ1) is 14.0. The molecule has 3 nitrogen and oxygen atoms in total. The number of aryl methyl sites for hydroxylation is 1. The molecule has 0 spiro atoms. The van der Waals surface area contributed by atoms with Crippen LogP contribution in [0.1, 0.15) is 29.7 Å². The van der Waals surface area contributed by atoms with Gasteiger partial charge < -0.3 is 5.32 Å². The lowest BCUT2D eigenvalue weighted by Crippen LogP contribution is -2.18. The van der Waals surface area contributed by atoms with E-state index in [9.17, 15) is 0 Å². The molecule has 0 saturated heterocycles. The molecule has 0 fully saturated rings. The van der Waals surface area contributed by atoms with E-state index in [1.807, 2.05) is 6.20 Å². The maximum absolute atomic E-state index is 4.19. The molecule has 2 aromatic heterocycles. The lowest BCUT2D eigenvalue weighted by molar-refractivity contribution is 0.573. The van der Waals surface area contributed by atoms with Gasteiger partial charge in [0.25, 0.3) is 0 Å². The van der Waals surface area contributed by atoms with Crippen LogP contribution in [0.25, 0.3) is 10.6 Å². The highest BCUT2D eigenvalue weighted by Gasteiger charge is 2.11. The minimum atomic E-state index is 0.317. The van der Waals surface area contributed by atoms with Crippen LogP contribution in [0.3, 0.4) is 0 Å². The largest absolute Gasteiger partial charge is 0.306 e. The maximum Gasteiger partial charge on any atom is 0.0794 e. The van der Waals surface area contributed by atoms with Gasteiger partial charge in [0.15, 0.2) is 0 Å². The number of hydrogen-bond donors (Lipinski definition) is 2. The molecule has 0 aliphatic heterocycles. The predicted octanol–water partition coefficient (Wildman–Crippen LogP) is 4.30. The molecule has 0 amide bonds. The first-order valence-corrected chi connectivity index (χ1v) is 7.98. The summed E-state index contributed by atoms with van der Waals surface area (Å²) in [4.78, 5) is 1.23. The zero-order valence-corrected chi connectivity index (χ0v) is 13.1. The van der Waals surface area contributed by atoms with E-state index in [-0.39, 0.29) is 0 Å². The van der Waals surface area contributed by atoms with Crippen LogP contribution in [0.4, 0.5) is 0 Å². The lowest BCUT2D eigenvalue weighted by Gasteiger charge is -2.16. The van der Waals surface area contributed by atoms with E-state index in [1.54, 1.807) is 11.3 Å². The first-order chi connectivity index (χ1) is 10.3. The Morgan fingerprint density at radius 3 is 2.86 bits per heavy atom. The van der Waals surface area contributed by atoms with Gasteiger partial charge in [-0.25, -0.2) is 0 Å². The van der Waals surface area contributed by atoms with Gasteiger partial charge in [-0.15, -0.1) is 11.3 Å². The van der Waals surface area contributed by atoms with E-state index in [0.717, 1.165) is 12.2 Å². The van der Waals surface area contributed by atoms with Crippen LogP contribution in [0.2, 0.25) is 0 Å². The second kappa shape index (κ2) is 6.24. The van der Waals surface area contributed by atoms with Crippen LogP contribution in [-0.4, -0.2) is 10.2 Å². The predicted molar refractivity (Wildman–Crippen MR) is 88.3 cm³/mol. The normalized spacial score (nSPS) is 12.5. The van der Waals surface area contributed by atoms with E-state index >= 15 is 0 Å². The van der Waals surface area contributed by atoms with Crippen LogP contribution in [-0.2, 0) is 6.54 Å². The smallest absolute Gasteiger partial charge is 0.0794 e. The summed E-state index contributed by atoms with van der Waals surface area (Å²) >= 11 is 1.73. The van der Waals surface area contributed by atoms with Gasteiger partial charge in [-0.2, -0.15) is 5.10 Å². The van der Waals surface area contributed by atoms with E-state index in [0.29, 0.717) is 6.04 Å². The highest BCUT2D eigenvalue weighted by Crippen LogP contribution is 2.26. The Hall–Kier alpha value is -1.91. The number of benzene rings is 1. The van der Waals surface area contributed by atoms with Gasteiger partial charge in [0, 0.05) is 18.2 Å². The van der Waals surface area contributed by atoms with Crippen molar-refractivity contribution in [3.8, 4) is 10.6 Å². The van der Waals surface area contributed by atoms with Crippen LogP contribution < -0.4 is 5.32 Å². The van der Waals surface area contributed by atoms with Crippen LogP contribution in [0, 0.1) is 6.92 Å². The van der Waals surface area contributed by atoms with Crippen molar-refractivity contribution in [2.45, 2.75) is 26.4 Å². The molecule has 108 valence electrons. The van der Waals surface area contributed by atoms with Crippen molar-refractivity contribution < 1.29 is 0 Å². The fraction of sp³-hybridized carbons (Fsp3) is 0.235. The van der Waals surface area contributed by atoms with E-state index in [1.165, 1.54) is 21.6 Å². The van der Waals surface area contributed by atoms with Crippen molar-refractivity contribution in [1.82, 2.24) is 15.5 Å². The fourth-order valence-corrected chi connectivity index (χ4v) is 3.28. The summed E-state index contributed by atoms with van der Waals surface area (Å²) in [5.41, 5.74) is 4.99. The molecule has 0 aliphatic carbocycles. The van der Waals surface area contributed by atoms with Crippen molar-refractivity contribution in [3.05, 3.63) is 64.7 Å². The van der Waals surface area contributed by atoms with Gasteiger partial charge in [0.05, 0.1) is 16.8 Å². The fourth-order valence-electron chi connectivity index (χ4n) is 2.52. The molecule has 2 heterocycles. The quantitative estimate of drug-likeness (QED) is 0.737. The van der Waals surface area contributed by atoms with Crippen LogP contribution in [0.15, 0.2) is 48.0 Å². The standard InChI is InChI=1S/C17H19N3S/c1-12-6-3-4-7-15(12)13(2)18-10-14-11-19-20-17(14)16-8-5-9-21-16/h3-9,11,13,18H,10H2,1-2H3,(H,19,20). The van der Waals surface area contributed by atoms with E-state index < -0.39 is 0 Å². The number of thiophene rings is 1. The molecule has 0 bridgehead atoms. The molecule has 0 radical (unpaired) electrons. The minimum Gasteiger partial charge on any atom is -0.306 e. The summed E-state index contributed by atoms with van der Waals surface area (Å²) in [6, 6.07) is 13.0. The SMILES string of the molecule is Cc1ccccc1C(C)NCc1cn[nH]c1-c1cccs1. The van der Waals surface area contributed by atoms with Gasteiger partial charge in [-0.3, -0.25) is 5.10 Å². The molecule has 0 saturated carbocycles. The number of H-pyrrole nitrogens is 1. The van der Waals surface area contributed by atoms with Crippen molar-refractivity contribution >= 4 is 11.3 Å². The van der Waals surface area contributed by atoms with Gasteiger partial charge in [-0.05, 0) is 36.4 Å². The third-order valence-corrected chi connectivity index (χ3v) is 4.63. The Labute approximate surface area is 129 Å². The zero-order chi connectivity index (χ0) is 14.7. The molecule has 21 heavy (non-hydrogen) atoms. The monoisotopic (exact) mass is 297 g/mol. The molecule has 1 aromatic carbocycles. The summed E-state index contributed by atoms with van der Waals surface area (Å²) in [7, 11) is 0. The Morgan fingerprint density at radius 2 is 2.10 bits per heavy atom. The van der Waals surface area contributed by atoms with Gasteiger partial charge in [-0.1, -0.05) is 30.3 Å². The van der Waals surface area contributed by atoms with Crippen LogP contribution >= 0.6 is 11.3 Å². The molecular formula is C17H19N3S. The number of nitrogens with one attached hydrogen (secondary N) is 2. The average Bonchev–Trinajstić information content (AvgIpc) is 3.16. The summed E-state index contributed by atoms with van der Waals surface area (Å²) in [5, 5.41) is 13.0. The van der Waals surface area contributed by atoms with Gasteiger partial charge in [0.2, 0.25) is 0 Å². The summed E-state index contributed by atoms with van der Waals surface area (Å²) in [5.74, 6) is 0. The molecule has 3 rings (SSSR count). The summed E-state index contributed by atoms with van der Waals surface area (Å²) < 4.78 is 0. The maximum atomic E-state index is 4.19. The highest BCUT2D eigenvalue weighted by atomic mass is 32.1. The number of nitrogens with zero attached hydrogens (tertiary/aromatic N) is 1. The lowest BCUT2D eigenvalue weighted by atomic mass is 10.0. The van der Waals surface area contributed by atoms with Crippen molar-refractivity contribution in [2.75, 3.05) is 0 Å². The molecule has 1 unspecified atom stereocenters.